The maximum absolute atomic E-state index is 12.1. The quantitative estimate of drug-likeness (QED) is 0.530. The number of carbonyl (C=O) groups excluding carboxylic acids is 1. The maximum Gasteiger partial charge on any atom is 0.281 e. The Morgan fingerprint density at radius 2 is 2.00 bits per heavy atom. The summed E-state index contributed by atoms with van der Waals surface area (Å²) in [5.74, 6) is -0.220. The number of hydrazone groups is 1. The van der Waals surface area contributed by atoms with Crippen molar-refractivity contribution in [3.63, 3.8) is 0 Å². The molecule has 0 atom stereocenters. The molecule has 0 bridgehead atoms. The fourth-order valence-corrected chi connectivity index (χ4v) is 3.65. The van der Waals surface area contributed by atoms with Gasteiger partial charge in [0, 0.05) is 17.0 Å². The molecule has 2 aromatic rings. The average Bonchev–Trinajstić information content (AvgIpc) is 2.99. The summed E-state index contributed by atoms with van der Waals surface area (Å²) >= 11 is 1.53. The molecule has 1 aromatic heterocycles. The van der Waals surface area contributed by atoms with E-state index < -0.39 is 4.92 Å². The zero-order valence-electron chi connectivity index (χ0n) is 12.3. The van der Waals surface area contributed by atoms with E-state index in [1.165, 1.54) is 53.0 Å². The number of rotatable bonds is 4. The SMILES string of the molecule is O=C(NN=Cc1ccc([N+](=O)[O-])cc1)c1cc2c(s1)CCCC2. The Hall–Kier alpha value is -2.54. The highest BCUT2D eigenvalue weighted by Crippen LogP contribution is 2.29. The first-order valence-corrected chi connectivity index (χ1v) is 8.14. The highest BCUT2D eigenvalue weighted by atomic mass is 32.1. The zero-order chi connectivity index (χ0) is 16.2. The van der Waals surface area contributed by atoms with Crippen LogP contribution in [0.15, 0.2) is 35.4 Å². The van der Waals surface area contributed by atoms with Crippen LogP contribution in [-0.4, -0.2) is 17.0 Å². The normalized spacial score (nSPS) is 13.7. The van der Waals surface area contributed by atoms with Gasteiger partial charge < -0.3 is 0 Å². The van der Waals surface area contributed by atoms with Gasteiger partial charge in [0.25, 0.3) is 11.6 Å². The molecular weight excluding hydrogens is 314 g/mol. The summed E-state index contributed by atoms with van der Waals surface area (Å²) in [5.41, 5.74) is 4.49. The molecule has 118 valence electrons. The van der Waals surface area contributed by atoms with Gasteiger partial charge in [-0.3, -0.25) is 14.9 Å². The van der Waals surface area contributed by atoms with E-state index in [1.807, 2.05) is 6.07 Å². The summed E-state index contributed by atoms with van der Waals surface area (Å²) in [4.78, 5) is 24.2. The topological polar surface area (TPSA) is 84.6 Å². The van der Waals surface area contributed by atoms with Crippen LogP contribution in [0.5, 0.6) is 0 Å². The number of nitrogens with one attached hydrogen (secondary N) is 1. The second kappa shape index (κ2) is 6.70. The number of nitrogens with zero attached hydrogens (tertiary/aromatic N) is 2. The number of fused-ring (bicyclic) bond motifs is 1. The minimum atomic E-state index is -0.457. The Labute approximate surface area is 137 Å². The number of aryl methyl sites for hydroxylation is 2. The van der Waals surface area contributed by atoms with Crippen molar-refractivity contribution in [1.29, 1.82) is 0 Å². The van der Waals surface area contributed by atoms with Crippen LogP contribution in [0.3, 0.4) is 0 Å². The van der Waals surface area contributed by atoms with Crippen LogP contribution in [-0.2, 0) is 12.8 Å². The average molecular weight is 329 g/mol. The monoisotopic (exact) mass is 329 g/mol. The molecule has 0 spiro atoms. The van der Waals surface area contributed by atoms with Crippen molar-refractivity contribution in [3.8, 4) is 0 Å². The van der Waals surface area contributed by atoms with Crippen molar-refractivity contribution >= 4 is 29.1 Å². The maximum atomic E-state index is 12.1. The van der Waals surface area contributed by atoms with E-state index in [1.54, 1.807) is 12.1 Å². The second-order valence-electron chi connectivity index (χ2n) is 5.31. The number of benzene rings is 1. The van der Waals surface area contributed by atoms with Gasteiger partial charge in [-0.05, 0) is 55.0 Å². The van der Waals surface area contributed by atoms with Crippen LogP contribution in [0.2, 0.25) is 0 Å². The van der Waals surface area contributed by atoms with Gasteiger partial charge in [0.1, 0.15) is 0 Å². The van der Waals surface area contributed by atoms with Crippen molar-refractivity contribution < 1.29 is 9.72 Å². The highest BCUT2D eigenvalue weighted by molar-refractivity contribution is 7.14. The molecule has 1 heterocycles. The van der Waals surface area contributed by atoms with E-state index in [2.05, 4.69) is 10.5 Å². The Kier molecular flexibility index (Phi) is 4.47. The van der Waals surface area contributed by atoms with E-state index in [0.717, 1.165) is 12.8 Å². The number of carbonyl (C=O) groups is 1. The third-order valence-electron chi connectivity index (χ3n) is 3.70. The molecular formula is C16H15N3O3S. The summed E-state index contributed by atoms with van der Waals surface area (Å²) in [7, 11) is 0. The third-order valence-corrected chi connectivity index (χ3v) is 4.94. The number of amides is 1. The summed E-state index contributed by atoms with van der Waals surface area (Å²) < 4.78 is 0. The summed E-state index contributed by atoms with van der Waals surface area (Å²) in [6, 6.07) is 7.91. The summed E-state index contributed by atoms with van der Waals surface area (Å²) in [6.45, 7) is 0. The van der Waals surface area contributed by atoms with Gasteiger partial charge in [0.05, 0.1) is 16.0 Å². The van der Waals surface area contributed by atoms with Gasteiger partial charge in [0.15, 0.2) is 0 Å². The second-order valence-corrected chi connectivity index (χ2v) is 6.45. The van der Waals surface area contributed by atoms with E-state index in [4.69, 9.17) is 0 Å². The molecule has 1 amide bonds. The molecule has 3 rings (SSSR count). The first-order chi connectivity index (χ1) is 11.1. The van der Waals surface area contributed by atoms with Crippen molar-refractivity contribution in [2.45, 2.75) is 25.7 Å². The smallest absolute Gasteiger partial charge is 0.266 e. The molecule has 1 N–H and O–H groups in total. The Balaban J connectivity index is 1.62. The van der Waals surface area contributed by atoms with Crippen LogP contribution < -0.4 is 5.43 Å². The van der Waals surface area contributed by atoms with Crippen molar-refractivity contribution in [3.05, 3.63) is 61.3 Å². The van der Waals surface area contributed by atoms with E-state index in [0.29, 0.717) is 10.4 Å². The molecule has 1 aromatic carbocycles. The Bertz CT molecular complexity index is 742. The molecule has 0 saturated carbocycles. The number of hydrogen-bond acceptors (Lipinski definition) is 5. The molecule has 1 aliphatic rings. The molecule has 23 heavy (non-hydrogen) atoms. The van der Waals surface area contributed by atoms with Crippen molar-refractivity contribution in [1.82, 2.24) is 5.43 Å². The molecule has 1 aliphatic carbocycles. The molecule has 6 nitrogen and oxygen atoms in total. The Morgan fingerprint density at radius 1 is 1.26 bits per heavy atom. The minimum Gasteiger partial charge on any atom is -0.266 e. The predicted octanol–water partition coefficient (Wildman–Crippen LogP) is 3.30. The first kappa shape index (κ1) is 15.4. The number of nitro benzene ring substituents is 1. The lowest BCUT2D eigenvalue weighted by molar-refractivity contribution is -0.384. The number of nitro groups is 1. The number of thiophene rings is 1. The van der Waals surface area contributed by atoms with Crippen LogP contribution in [0.25, 0.3) is 0 Å². The largest absolute Gasteiger partial charge is 0.281 e. The lowest BCUT2D eigenvalue weighted by Crippen LogP contribution is -2.16. The van der Waals surface area contributed by atoms with Gasteiger partial charge in [0.2, 0.25) is 0 Å². The van der Waals surface area contributed by atoms with Gasteiger partial charge in [-0.1, -0.05) is 0 Å². The molecule has 0 radical (unpaired) electrons. The fourth-order valence-electron chi connectivity index (χ4n) is 2.51. The highest BCUT2D eigenvalue weighted by Gasteiger charge is 2.16. The van der Waals surface area contributed by atoms with E-state index in [-0.39, 0.29) is 11.6 Å². The number of hydrogen-bond donors (Lipinski definition) is 1. The van der Waals surface area contributed by atoms with Crippen molar-refractivity contribution in [2.24, 2.45) is 5.10 Å². The summed E-state index contributed by atoms with van der Waals surface area (Å²) in [5, 5.41) is 14.5. The van der Waals surface area contributed by atoms with Crippen molar-refractivity contribution in [2.75, 3.05) is 0 Å². The summed E-state index contributed by atoms with van der Waals surface area (Å²) in [6.07, 6.45) is 5.94. The van der Waals surface area contributed by atoms with Crippen LogP contribution in [0.1, 0.15) is 38.5 Å². The minimum absolute atomic E-state index is 0.0235. The molecule has 0 saturated heterocycles. The van der Waals surface area contributed by atoms with Crippen LogP contribution >= 0.6 is 11.3 Å². The zero-order valence-corrected chi connectivity index (χ0v) is 13.1. The lowest BCUT2D eigenvalue weighted by atomic mass is 9.99. The third kappa shape index (κ3) is 3.62. The fraction of sp³-hybridized carbons (Fsp3) is 0.250. The van der Waals surface area contributed by atoms with Crippen LogP contribution in [0.4, 0.5) is 5.69 Å². The molecule has 0 aliphatic heterocycles. The number of non-ortho nitro benzene ring substituents is 1. The first-order valence-electron chi connectivity index (χ1n) is 7.33. The predicted molar refractivity (Wildman–Crippen MR) is 89.1 cm³/mol. The van der Waals surface area contributed by atoms with Gasteiger partial charge in [-0.15, -0.1) is 11.3 Å². The van der Waals surface area contributed by atoms with E-state index in [9.17, 15) is 14.9 Å². The van der Waals surface area contributed by atoms with Gasteiger partial charge in [-0.25, -0.2) is 5.43 Å². The molecule has 0 fully saturated rings. The Morgan fingerprint density at radius 3 is 2.70 bits per heavy atom. The lowest BCUT2D eigenvalue weighted by Gasteiger charge is -2.08. The standard InChI is InChI=1S/C16H15N3O3S/c20-16(15-9-12-3-1-2-4-14(12)23-15)18-17-10-11-5-7-13(8-6-11)19(21)22/h5-10H,1-4H2,(H,18,20). The van der Waals surface area contributed by atoms with Gasteiger partial charge in [-0.2, -0.15) is 5.10 Å². The van der Waals surface area contributed by atoms with Crippen LogP contribution in [0, 0.1) is 10.1 Å². The molecule has 0 unspecified atom stereocenters. The molecule has 7 heteroatoms. The van der Waals surface area contributed by atoms with Gasteiger partial charge >= 0.3 is 0 Å². The van der Waals surface area contributed by atoms with E-state index >= 15 is 0 Å².